The minimum absolute atomic E-state index is 0.0480. The number of alkyl halides is 3. The zero-order valence-electron chi connectivity index (χ0n) is 44.2. The van der Waals surface area contributed by atoms with E-state index in [1.165, 1.54) is 28.7 Å². The lowest BCUT2D eigenvalue weighted by molar-refractivity contribution is -0.172. The molecule has 19 heteroatoms. The van der Waals surface area contributed by atoms with E-state index in [-0.39, 0.29) is 54.7 Å². The SMILES string of the molecule is CO[C@@H](C)c1ncc(C#C[C@@H](C)N2CCN(C3CC3)CC2)cc1-c1c2c3cc(ccc3n1CC(F)(F)F)-c1csc(n1)C(N1CCOCC1)C(NC(O)C1[C@@H](C)[C@H]1C)C(=O)N1N[C@H](C(=O)OCC(C)(C)C2)C2CC1C2. The molecule has 75 heavy (non-hydrogen) atoms. The number of esters is 1. The zero-order chi connectivity index (χ0) is 52.7. The minimum atomic E-state index is -4.62. The van der Waals surface area contributed by atoms with Gasteiger partial charge in [-0.15, -0.1) is 11.3 Å². The number of thiazole rings is 1. The van der Waals surface area contributed by atoms with Crippen molar-refractivity contribution >= 4 is 34.1 Å². The van der Waals surface area contributed by atoms with Crippen LogP contribution >= 0.6 is 11.3 Å². The summed E-state index contributed by atoms with van der Waals surface area (Å²) in [5.74, 6) is 6.40. The molecule has 8 bridgehead atoms. The van der Waals surface area contributed by atoms with Crippen LogP contribution in [0.2, 0.25) is 0 Å². The highest BCUT2D eigenvalue weighted by atomic mass is 32.1. The van der Waals surface area contributed by atoms with Crippen molar-refractivity contribution in [2.75, 3.05) is 66.2 Å². The number of rotatable bonds is 10. The zero-order valence-corrected chi connectivity index (χ0v) is 45.0. The maximum atomic E-state index is 15.3. The molecule has 3 N–H and O–H groups in total. The van der Waals surface area contributed by atoms with Gasteiger partial charge >= 0.3 is 12.1 Å². The number of fused-ring (bicyclic) bond motifs is 4. The summed E-state index contributed by atoms with van der Waals surface area (Å²) in [7, 11) is 1.56. The van der Waals surface area contributed by atoms with E-state index in [2.05, 4.69) is 58.1 Å². The first-order chi connectivity index (χ1) is 35.9. The van der Waals surface area contributed by atoms with Crippen molar-refractivity contribution in [2.24, 2.45) is 29.1 Å². The summed E-state index contributed by atoms with van der Waals surface area (Å²) in [5, 5.41) is 20.0. The average Bonchev–Trinajstić information content (AvgIpc) is 4.26. The number of aliphatic hydroxyl groups excluding tert-OH is 1. The lowest BCUT2D eigenvalue weighted by Crippen LogP contribution is -2.72. The van der Waals surface area contributed by atoms with Crippen LogP contribution in [-0.2, 0) is 36.8 Å². The molecule has 4 saturated heterocycles. The molecule has 0 spiro atoms. The van der Waals surface area contributed by atoms with Gasteiger partial charge in [0.1, 0.15) is 29.9 Å². The Balaban J connectivity index is 1.05. The van der Waals surface area contributed by atoms with Crippen molar-refractivity contribution in [2.45, 2.75) is 135 Å². The highest BCUT2D eigenvalue weighted by molar-refractivity contribution is 7.10. The number of aromatic nitrogens is 3. The third kappa shape index (κ3) is 10.6. The summed E-state index contributed by atoms with van der Waals surface area (Å²) in [5.41, 5.74) is 6.64. The first-order valence-corrected chi connectivity index (χ1v) is 28.0. The van der Waals surface area contributed by atoms with Gasteiger partial charge in [0.15, 0.2) is 0 Å². The highest BCUT2D eigenvalue weighted by Crippen LogP contribution is 2.49. The molecule has 404 valence electrons. The van der Waals surface area contributed by atoms with E-state index in [1.54, 1.807) is 24.4 Å². The number of nitrogens with one attached hydrogen (secondary N) is 2. The molecular formula is C56H72F3N9O6S. The van der Waals surface area contributed by atoms with E-state index >= 15 is 18.0 Å². The molecule has 3 aromatic heterocycles. The molecule has 3 aliphatic carbocycles. The third-order valence-corrected chi connectivity index (χ3v) is 18.4. The molecule has 1 aromatic carbocycles. The quantitative estimate of drug-likeness (QED) is 0.0871. The molecule has 4 aromatic rings. The summed E-state index contributed by atoms with van der Waals surface area (Å²) < 4.78 is 64.9. The van der Waals surface area contributed by atoms with Gasteiger partial charge in [0.05, 0.1) is 55.1 Å². The second kappa shape index (κ2) is 20.7. The molecule has 3 saturated carbocycles. The fraction of sp³-hybridized carbons (Fsp3) is 0.643. The number of aliphatic hydroxyl groups is 1. The molecule has 1 amide bonds. The Kier molecular flexibility index (Phi) is 14.5. The average molecular weight is 1060 g/mol. The van der Waals surface area contributed by atoms with Crippen LogP contribution in [0, 0.1) is 40.9 Å². The Bertz CT molecular complexity index is 2830. The van der Waals surface area contributed by atoms with Gasteiger partial charge in [-0.25, -0.2) is 10.4 Å². The topological polar surface area (TPSA) is 150 Å². The summed E-state index contributed by atoms with van der Waals surface area (Å²) in [6, 6.07) is 5.40. The van der Waals surface area contributed by atoms with E-state index in [9.17, 15) is 9.90 Å². The summed E-state index contributed by atoms with van der Waals surface area (Å²) in [6.45, 7) is 16.4. The van der Waals surface area contributed by atoms with Gasteiger partial charge in [0.2, 0.25) is 0 Å². The standard InChI is InChI=1S/C56H72F3N9O6S/c1-31(64-14-16-65(17-15-64)38-11-12-38)8-9-35-22-41(46(60-27-35)34(4)72-7)49-42-26-55(5,6)30-74-54(71)47-37-23-39(24-37)68(63-47)53(70)48(62-51(69)45-32(2)33(45)3)50(66-18-20-73-21-19-66)52-61-43(28-75-52)36-10-13-44(40(42)25-36)67(49)29-56(57,58)59/h10,13,22,25,27-28,31-34,37-39,45,47-48,50-51,62-63,69H,11-12,14-21,23-24,26,29-30H2,1-7H3/t31-,32-,33+,34+,37?,39?,45?,47+,48?,50?,51?/m1/s1. The number of amides is 1. The Morgan fingerprint density at radius 2 is 1.75 bits per heavy atom. The molecule has 0 radical (unpaired) electrons. The number of hydrogen-bond donors (Lipinski definition) is 3. The van der Waals surface area contributed by atoms with Crippen molar-refractivity contribution in [3.05, 3.63) is 57.7 Å². The first kappa shape index (κ1) is 52.6. The van der Waals surface area contributed by atoms with Gasteiger partial charge in [-0.2, -0.15) is 13.2 Å². The predicted molar refractivity (Wildman–Crippen MR) is 279 cm³/mol. The maximum absolute atomic E-state index is 15.3. The Hall–Kier alpha value is -4.49. The lowest BCUT2D eigenvalue weighted by Gasteiger charge is -2.53. The monoisotopic (exact) mass is 1060 g/mol. The normalized spacial score (nSPS) is 29.9. The van der Waals surface area contributed by atoms with E-state index < -0.39 is 54.6 Å². The smallest absolute Gasteiger partial charge is 0.406 e. The molecule has 9 atom stereocenters. The summed E-state index contributed by atoms with van der Waals surface area (Å²) >= 11 is 1.40. The van der Waals surface area contributed by atoms with Crippen LogP contribution in [0.25, 0.3) is 33.4 Å². The third-order valence-electron chi connectivity index (χ3n) is 17.5. The van der Waals surface area contributed by atoms with Crippen molar-refractivity contribution in [3.8, 4) is 34.4 Å². The fourth-order valence-corrected chi connectivity index (χ4v) is 13.6. The predicted octanol–water partition coefficient (Wildman–Crippen LogP) is 6.79. The van der Waals surface area contributed by atoms with Crippen LogP contribution in [0.15, 0.2) is 35.8 Å². The molecule has 15 nitrogen and oxygen atoms in total. The van der Waals surface area contributed by atoms with Crippen molar-refractivity contribution < 1.29 is 42.1 Å². The Morgan fingerprint density at radius 1 is 1.01 bits per heavy atom. The number of hydrogen-bond acceptors (Lipinski definition) is 14. The van der Waals surface area contributed by atoms with Crippen molar-refractivity contribution in [1.82, 2.24) is 45.0 Å². The number of pyridine rings is 1. The van der Waals surface area contributed by atoms with E-state index in [0.29, 0.717) is 100 Å². The van der Waals surface area contributed by atoms with Gasteiger partial charge in [-0.1, -0.05) is 45.6 Å². The molecule has 12 rings (SSSR count). The van der Waals surface area contributed by atoms with Crippen LogP contribution in [0.3, 0.4) is 0 Å². The number of hydrazine groups is 1. The summed E-state index contributed by atoms with van der Waals surface area (Å²) in [6.07, 6.45) is -0.546. The number of cyclic esters (lactones) is 1. The second-order valence-electron chi connectivity index (χ2n) is 23.2. The second-order valence-corrected chi connectivity index (χ2v) is 24.1. The number of piperazine rings is 1. The minimum Gasteiger partial charge on any atom is -0.464 e. The molecule has 4 unspecified atom stereocenters. The number of nitrogens with zero attached hydrogens (tertiary/aromatic N) is 7. The van der Waals surface area contributed by atoms with Gasteiger partial charge in [-0.3, -0.25) is 39.6 Å². The number of halogens is 3. The van der Waals surface area contributed by atoms with Crippen LogP contribution in [0.5, 0.6) is 0 Å². The van der Waals surface area contributed by atoms with Gasteiger partial charge in [0.25, 0.3) is 5.91 Å². The molecule has 8 aliphatic rings. The van der Waals surface area contributed by atoms with E-state index in [0.717, 1.165) is 26.2 Å². The molecular weight excluding hydrogens is 984 g/mol. The number of benzene rings is 1. The van der Waals surface area contributed by atoms with E-state index in [1.807, 2.05) is 44.4 Å². The molecule has 8 heterocycles. The Labute approximate surface area is 441 Å². The number of carbonyl (C=O) groups is 2. The van der Waals surface area contributed by atoms with Crippen molar-refractivity contribution in [3.63, 3.8) is 0 Å². The lowest BCUT2D eigenvalue weighted by atomic mass is 9.73. The van der Waals surface area contributed by atoms with Gasteiger partial charge in [0, 0.05) is 109 Å². The highest BCUT2D eigenvalue weighted by Gasteiger charge is 2.54. The number of ether oxygens (including phenoxy) is 3. The molecule has 7 fully saturated rings. The van der Waals surface area contributed by atoms with Crippen LogP contribution in [-0.4, -0.2) is 160 Å². The van der Waals surface area contributed by atoms with E-state index in [4.69, 9.17) is 24.2 Å². The largest absolute Gasteiger partial charge is 0.464 e. The van der Waals surface area contributed by atoms with Crippen LogP contribution < -0.4 is 10.7 Å². The number of methoxy groups -OCH3 is 1. The number of carbonyl (C=O) groups excluding carboxylic acids is 2. The van der Waals surface area contributed by atoms with Gasteiger partial charge in [-0.05, 0) is 87.5 Å². The Morgan fingerprint density at radius 3 is 2.43 bits per heavy atom. The maximum Gasteiger partial charge on any atom is 0.406 e. The summed E-state index contributed by atoms with van der Waals surface area (Å²) in [4.78, 5) is 47.1. The molecule has 5 aliphatic heterocycles. The van der Waals surface area contributed by atoms with Crippen LogP contribution in [0.4, 0.5) is 13.2 Å². The fourth-order valence-electron chi connectivity index (χ4n) is 12.6. The van der Waals surface area contributed by atoms with Crippen LogP contribution in [0.1, 0.15) is 101 Å². The van der Waals surface area contributed by atoms with Crippen molar-refractivity contribution in [1.29, 1.82) is 0 Å². The number of morpholine rings is 1. The van der Waals surface area contributed by atoms with Gasteiger partial charge < -0.3 is 23.9 Å². The first-order valence-electron chi connectivity index (χ1n) is 27.1.